The van der Waals surface area contributed by atoms with Crippen molar-refractivity contribution in [1.29, 1.82) is 0 Å². The zero-order valence-electron chi connectivity index (χ0n) is 8.88. The second kappa shape index (κ2) is 4.11. The first-order valence-electron chi connectivity index (χ1n) is 5.35. The minimum atomic E-state index is -0.474. The third-order valence-corrected chi connectivity index (χ3v) is 4.18. The molecule has 1 atom stereocenters. The lowest BCUT2D eigenvalue weighted by Gasteiger charge is -2.34. The van der Waals surface area contributed by atoms with Crippen LogP contribution in [0.4, 0.5) is 0 Å². The Hall–Kier alpha value is 0.01000. The second-order valence-corrected chi connectivity index (χ2v) is 6.01. The van der Waals surface area contributed by atoms with Crippen LogP contribution in [0.1, 0.15) is 13.3 Å². The van der Waals surface area contributed by atoms with Crippen molar-refractivity contribution in [2.45, 2.75) is 17.7 Å². The molecule has 0 unspecified atom stereocenters. The van der Waals surface area contributed by atoms with Gasteiger partial charge in [0.2, 0.25) is 5.91 Å². The van der Waals surface area contributed by atoms with Gasteiger partial charge in [0.1, 0.15) is 4.33 Å². The number of hydrogen-bond donors (Lipinski definition) is 0. The smallest absolute Gasteiger partial charge is 0.219 e. The number of carbonyl (C=O) groups excluding carboxylic acids is 1. The van der Waals surface area contributed by atoms with Crippen molar-refractivity contribution in [1.82, 2.24) is 9.80 Å². The highest BCUT2D eigenvalue weighted by Gasteiger charge is 2.52. The first-order chi connectivity index (χ1) is 6.99. The van der Waals surface area contributed by atoms with Gasteiger partial charge in [-0.05, 0) is 6.42 Å². The Balaban J connectivity index is 1.72. The number of piperazine rings is 1. The van der Waals surface area contributed by atoms with E-state index in [1.807, 2.05) is 4.90 Å². The van der Waals surface area contributed by atoms with E-state index < -0.39 is 4.33 Å². The molecule has 2 rings (SSSR count). The Morgan fingerprint density at radius 3 is 2.27 bits per heavy atom. The van der Waals surface area contributed by atoms with Gasteiger partial charge in [-0.25, -0.2) is 0 Å². The summed E-state index contributed by atoms with van der Waals surface area (Å²) in [7, 11) is 0. The molecule has 0 bridgehead atoms. The van der Waals surface area contributed by atoms with Crippen molar-refractivity contribution in [3.63, 3.8) is 0 Å². The molecule has 3 nitrogen and oxygen atoms in total. The maximum Gasteiger partial charge on any atom is 0.219 e. The zero-order chi connectivity index (χ0) is 11.1. The van der Waals surface area contributed by atoms with Gasteiger partial charge in [-0.3, -0.25) is 9.69 Å². The normalized spacial score (nSPS) is 30.3. The third kappa shape index (κ3) is 2.77. The van der Waals surface area contributed by atoms with Crippen LogP contribution in [0.25, 0.3) is 0 Å². The van der Waals surface area contributed by atoms with Gasteiger partial charge < -0.3 is 4.90 Å². The predicted molar refractivity (Wildman–Crippen MR) is 61.2 cm³/mol. The molecule has 15 heavy (non-hydrogen) atoms. The summed E-state index contributed by atoms with van der Waals surface area (Å²) in [4.78, 5) is 15.3. The quantitative estimate of drug-likeness (QED) is 0.691. The summed E-state index contributed by atoms with van der Waals surface area (Å²) >= 11 is 12.0. The van der Waals surface area contributed by atoms with Crippen molar-refractivity contribution in [2.24, 2.45) is 5.92 Å². The average molecular weight is 251 g/mol. The van der Waals surface area contributed by atoms with E-state index in [1.54, 1.807) is 6.92 Å². The largest absolute Gasteiger partial charge is 0.340 e. The number of nitrogens with zero attached hydrogens (tertiary/aromatic N) is 2. The maximum absolute atomic E-state index is 11.1. The van der Waals surface area contributed by atoms with Crippen LogP contribution in [0.3, 0.4) is 0 Å². The molecule has 5 heteroatoms. The Morgan fingerprint density at radius 2 is 1.87 bits per heavy atom. The molecule has 1 aliphatic heterocycles. The molecule has 1 aliphatic carbocycles. The van der Waals surface area contributed by atoms with Gasteiger partial charge in [0.15, 0.2) is 0 Å². The van der Waals surface area contributed by atoms with Gasteiger partial charge in [0, 0.05) is 45.6 Å². The number of halogens is 2. The van der Waals surface area contributed by atoms with Crippen molar-refractivity contribution in [3.8, 4) is 0 Å². The van der Waals surface area contributed by atoms with Crippen molar-refractivity contribution in [3.05, 3.63) is 0 Å². The summed E-state index contributed by atoms with van der Waals surface area (Å²) in [5.74, 6) is 0.592. The van der Waals surface area contributed by atoms with Gasteiger partial charge >= 0.3 is 0 Å². The van der Waals surface area contributed by atoms with E-state index >= 15 is 0 Å². The van der Waals surface area contributed by atoms with Crippen LogP contribution in [0.2, 0.25) is 0 Å². The summed E-state index contributed by atoms with van der Waals surface area (Å²) in [6.45, 7) is 6.15. The van der Waals surface area contributed by atoms with Gasteiger partial charge in [0.25, 0.3) is 0 Å². The van der Waals surface area contributed by atoms with Gasteiger partial charge in [-0.1, -0.05) is 0 Å². The lowest BCUT2D eigenvalue weighted by atomic mass is 10.3. The monoisotopic (exact) mass is 250 g/mol. The fraction of sp³-hybridized carbons (Fsp3) is 0.900. The molecule has 1 saturated carbocycles. The maximum atomic E-state index is 11.1. The van der Waals surface area contributed by atoms with E-state index in [2.05, 4.69) is 4.90 Å². The first-order valence-corrected chi connectivity index (χ1v) is 6.10. The summed E-state index contributed by atoms with van der Waals surface area (Å²) in [6, 6.07) is 0. The van der Waals surface area contributed by atoms with Crippen LogP contribution >= 0.6 is 23.2 Å². The van der Waals surface area contributed by atoms with Crippen LogP contribution in [0.5, 0.6) is 0 Å². The summed E-state index contributed by atoms with van der Waals surface area (Å²) in [5.41, 5.74) is 0. The minimum Gasteiger partial charge on any atom is -0.340 e. The molecule has 0 aromatic heterocycles. The lowest BCUT2D eigenvalue weighted by molar-refractivity contribution is -0.130. The van der Waals surface area contributed by atoms with Crippen LogP contribution in [0.15, 0.2) is 0 Å². The van der Waals surface area contributed by atoms with Crippen molar-refractivity contribution < 1.29 is 4.79 Å². The highest BCUT2D eigenvalue weighted by atomic mass is 35.5. The molecule has 1 amide bonds. The molecule has 86 valence electrons. The van der Waals surface area contributed by atoms with Crippen LogP contribution in [-0.4, -0.2) is 52.8 Å². The van der Waals surface area contributed by atoms with E-state index in [9.17, 15) is 4.79 Å². The predicted octanol–water partition coefficient (Wildman–Crippen LogP) is 1.34. The number of carbonyl (C=O) groups is 1. The van der Waals surface area contributed by atoms with E-state index in [0.29, 0.717) is 5.92 Å². The van der Waals surface area contributed by atoms with E-state index in [-0.39, 0.29) is 5.91 Å². The average Bonchev–Trinajstić information content (AvgIpc) is 2.74. The second-order valence-electron chi connectivity index (χ2n) is 4.47. The molecule has 0 aromatic rings. The Bertz CT molecular complexity index is 262. The Morgan fingerprint density at radius 1 is 1.33 bits per heavy atom. The topological polar surface area (TPSA) is 23.6 Å². The fourth-order valence-electron chi connectivity index (χ4n) is 2.02. The van der Waals surface area contributed by atoms with E-state index in [4.69, 9.17) is 23.2 Å². The molecule has 0 aromatic carbocycles. The van der Waals surface area contributed by atoms with Crippen molar-refractivity contribution in [2.75, 3.05) is 32.7 Å². The molecule has 0 radical (unpaired) electrons. The number of amides is 1. The number of hydrogen-bond acceptors (Lipinski definition) is 2. The third-order valence-electron chi connectivity index (χ3n) is 3.25. The van der Waals surface area contributed by atoms with Crippen LogP contribution < -0.4 is 0 Å². The molecule has 1 heterocycles. The number of alkyl halides is 2. The summed E-state index contributed by atoms with van der Waals surface area (Å²) < 4.78 is -0.474. The highest BCUT2D eigenvalue weighted by Crippen LogP contribution is 2.53. The SMILES string of the molecule is CC(=O)N1CCN(C[C@@H]2CC2(Cl)Cl)CC1. The summed E-state index contributed by atoms with van der Waals surface area (Å²) in [6.07, 6.45) is 0.906. The molecular weight excluding hydrogens is 235 g/mol. The fourth-order valence-corrected chi connectivity index (χ4v) is 2.54. The molecule has 0 spiro atoms. The van der Waals surface area contributed by atoms with E-state index in [1.165, 1.54) is 0 Å². The number of rotatable bonds is 2. The van der Waals surface area contributed by atoms with Gasteiger partial charge in [-0.2, -0.15) is 0 Å². The highest BCUT2D eigenvalue weighted by molar-refractivity contribution is 6.50. The van der Waals surface area contributed by atoms with Gasteiger partial charge in [0.05, 0.1) is 0 Å². The van der Waals surface area contributed by atoms with Crippen LogP contribution in [-0.2, 0) is 4.79 Å². The summed E-state index contributed by atoms with van der Waals surface area (Å²) in [5, 5.41) is 0. The Kier molecular flexibility index (Phi) is 3.15. The van der Waals surface area contributed by atoms with E-state index in [0.717, 1.165) is 39.1 Å². The zero-order valence-corrected chi connectivity index (χ0v) is 10.4. The van der Waals surface area contributed by atoms with Crippen LogP contribution in [0, 0.1) is 5.92 Å². The first kappa shape index (κ1) is 11.5. The molecule has 1 saturated heterocycles. The standard InChI is InChI=1S/C10H16Cl2N2O/c1-8(15)14-4-2-13(3-5-14)7-9-6-10(9,11)12/h9H,2-7H2,1H3/t9-/m0/s1. The molecule has 2 fully saturated rings. The molecule has 0 N–H and O–H groups in total. The minimum absolute atomic E-state index is 0.171. The van der Waals surface area contributed by atoms with Crippen molar-refractivity contribution >= 4 is 29.1 Å². The Labute approximate surface area is 100 Å². The molecule has 2 aliphatic rings. The lowest BCUT2D eigenvalue weighted by Crippen LogP contribution is -2.48. The molecular formula is C10H16Cl2N2O. The van der Waals surface area contributed by atoms with Gasteiger partial charge in [-0.15, -0.1) is 23.2 Å².